The Morgan fingerprint density at radius 3 is 2.50 bits per heavy atom. The molecule has 0 aliphatic heterocycles. The molecule has 1 aromatic heterocycles. The molecule has 0 amide bonds. The number of benzene rings is 2. The standard InChI is InChI=1S/C17H13ClFN3/c1-11-20-16(12-5-3-2-4-6-12)10-17(21-11)22-13-7-8-15(19)14(18)9-13/h2-10H,1H3,(H,20,21,22). The highest BCUT2D eigenvalue weighted by Crippen LogP contribution is 2.24. The first-order chi connectivity index (χ1) is 10.6. The van der Waals surface area contributed by atoms with Gasteiger partial charge in [-0.15, -0.1) is 0 Å². The lowest BCUT2D eigenvalue weighted by Crippen LogP contribution is -1.99. The fourth-order valence-electron chi connectivity index (χ4n) is 2.11. The van der Waals surface area contributed by atoms with Crippen molar-refractivity contribution in [3.05, 3.63) is 71.3 Å². The highest BCUT2D eigenvalue weighted by atomic mass is 35.5. The summed E-state index contributed by atoms with van der Waals surface area (Å²) < 4.78 is 13.2. The predicted octanol–water partition coefficient (Wildman–Crippen LogP) is 4.99. The second-order valence-electron chi connectivity index (χ2n) is 4.81. The van der Waals surface area contributed by atoms with Crippen LogP contribution < -0.4 is 5.32 Å². The van der Waals surface area contributed by atoms with Crippen molar-refractivity contribution in [1.29, 1.82) is 0 Å². The Morgan fingerprint density at radius 2 is 1.77 bits per heavy atom. The smallest absolute Gasteiger partial charge is 0.141 e. The van der Waals surface area contributed by atoms with Gasteiger partial charge in [0.05, 0.1) is 10.7 Å². The molecule has 1 heterocycles. The highest BCUT2D eigenvalue weighted by Gasteiger charge is 2.06. The van der Waals surface area contributed by atoms with Crippen molar-refractivity contribution in [1.82, 2.24) is 9.97 Å². The number of nitrogens with one attached hydrogen (secondary N) is 1. The minimum Gasteiger partial charge on any atom is -0.340 e. The Hall–Kier alpha value is -2.46. The van der Waals surface area contributed by atoms with Crippen LogP contribution in [0.2, 0.25) is 5.02 Å². The summed E-state index contributed by atoms with van der Waals surface area (Å²) in [6.45, 7) is 1.83. The first kappa shape index (κ1) is 14.5. The summed E-state index contributed by atoms with van der Waals surface area (Å²) in [5.41, 5.74) is 2.50. The van der Waals surface area contributed by atoms with Gasteiger partial charge in [0.15, 0.2) is 0 Å². The van der Waals surface area contributed by atoms with Crippen LogP contribution >= 0.6 is 11.6 Å². The van der Waals surface area contributed by atoms with Crippen molar-refractivity contribution in [3.8, 4) is 11.3 Å². The first-order valence-electron chi connectivity index (χ1n) is 6.75. The average molecular weight is 314 g/mol. The maximum absolute atomic E-state index is 13.2. The molecule has 0 fully saturated rings. The number of nitrogens with zero attached hydrogens (tertiary/aromatic N) is 2. The van der Waals surface area contributed by atoms with Gasteiger partial charge in [-0.05, 0) is 25.1 Å². The topological polar surface area (TPSA) is 37.8 Å². The predicted molar refractivity (Wildman–Crippen MR) is 86.9 cm³/mol. The maximum atomic E-state index is 13.2. The van der Waals surface area contributed by atoms with Crippen LogP contribution in [0.4, 0.5) is 15.9 Å². The van der Waals surface area contributed by atoms with Crippen LogP contribution in [0.5, 0.6) is 0 Å². The molecule has 2 aromatic carbocycles. The minimum atomic E-state index is -0.448. The van der Waals surface area contributed by atoms with Gasteiger partial charge in [-0.3, -0.25) is 0 Å². The third-order valence-electron chi connectivity index (χ3n) is 3.10. The van der Waals surface area contributed by atoms with Crippen LogP contribution in [0, 0.1) is 12.7 Å². The molecule has 0 bridgehead atoms. The van der Waals surface area contributed by atoms with E-state index in [4.69, 9.17) is 11.6 Å². The average Bonchev–Trinajstić information content (AvgIpc) is 2.51. The van der Waals surface area contributed by atoms with Gasteiger partial charge in [-0.1, -0.05) is 41.9 Å². The van der Waals surface area contributed by atoms with Gasteiger partial charge in [0.25, 0.3) is 0 Å². The van der Waals surface area contributed by atoms with E-state index in [2.05, 4.69) is 15.3 Å². The van der Waals surface area contributed by atoms with Crippen LogP contribution in [0.1, 0.15) is 5.82 Å². The zero-order valence-corrected chi connectivity index (χ0v) is 12.6. The van der Waals surface area contributed by atoms with Crippen molar-refractivity contribution in [2.75, 3.05) is 5.32 Å². The van der Waals surface area contributed by atoms with E-state index in [0.29, 0.717) is 17.3 Å². The molecule has 0 spiro atoms. The number of hydrogen-bond donors (Lipinski definition) is 1. The number of rotatable bonds is 3. The van der Waals surface area contributed by atoms with E-state index in [1.54, 1.807) is 6.07 Å². The van der Waals surface area contributed by atoms with Crippen LogP contribution in [0.25, 0.3) is 11.3 Å². The Kier molecular flexibility index (Phi) is 4.02. The molecular formula is C17H13ClFN3. The van der Waals surface area contributed by atoms with Crippen molar-refractivity contribution < 1.29 is 4.39 Å². The summed E-state index contributed by atoms with van der Waals surface area (Å²) >= 11 is 5.79. The van der Waals surface area contributed by atoms with Crippen molar-refractivity contribution in [2.24, 2.45) is 0 Å². The second kappa shape index (κ2) is 6.12. The zero-order chi connectivity index (χ0) is 15.5. The van der Waals surface area contributed by atoms with E-state index in [0.717, 1.165) is 11.3 Å². The second-order valence-corrected chi connectivity index (χ2v) is 5.21. The lowest BCUT2D eigenvalue weighted by atomic mass is 10.1. The molecule has 3 aromatic rings. The monoisotopic (exact) mass is 313 g/mol. The zero-order valence-electron chi connectivity index (χ0n) is 11.8. The van der Waals surface area contributed by atoms with Crippen LogP contribution in [0.3, 0.4) is 0 Å². The fraction of sp³-hybridized carbons (Fsp3) is 0.0588. The number of anilines is 2. The third-order valence-corrected chi connectivity index (χ3v) is 3.39. The van der Waals surface area contributed by atoms with Gasteiger partial charge in [0.2, 0.25) is 0 Å². The molecule has 0 aliphatic rings. The lowest BCUT2D eigenvalue weighted by Gasteiger charge is -2.09. The molecule has 3 rings (SSSR count). The van der Waals surface area contributed by atoms with E-state index in [1.165, 1.54) is 12.1 Å². The third kappa shape index (κ3) is 3.23. The highest BCUT2D eigenvalue weighted by molar-refractivity contribution is 6.31. The first-order valence-corrected chi connectivity index (χ1v) is 7.13. The Morgan fingerprint density at radius 1 is 1.00 bits per heavy atom. The summed E-state index contributed by atoms with van der Waals surface area (Å²) in [4.78, 5) is 8.79. The molecule has 0 saturated carbocycles. The number of halogens is 2. The summed E-state index contributed by atoms with van der Waals surface area (Å²) in [6.07, 6.45) is 0. The van der Waals surface area contributed by atoms with Gasteiger partial charge < -0.3 is 5.32 Å². The largest absolute Gasteiger partial charge is 0.340 e. The molecule has 0 unspecified atom stereocenters. The maximum Gasteiger partial charge on any atom is 0.141 e. The van der Waals surface area contributed by atoms with Crippen molar-refractivity contribution in [3.63, 3.8) is 0 Å². The van der Waals surface area contributed by atoms with Gasteiger partial charge >= 0.3 is 0 Å². The summed E-state index contributed by atoms with van der Waals surface area (Å²) in [6, 6.07) is 16.1. The molecule has 0 radical (unpaired) electrons. The molecule has 22 heavy (non-hydrogen) atoms. The Bertz CT molecular complexity index is 806. The Balaban J connectivity index is 1.94. The fourth-order valence-corrected chi connectivity index (χ4v) is 2.29. The molecule has 110 valence electrons. The molecule has 1 N–H and O–H groups in total. The van der Waals surface area contributed by atoms with Gasteiger partial charge in [0, 0.05) is 17.3 Å². The molecule has 0 saturated heterocycles. The van der Waals surface area contributed by atoms with E-state index in [1.807, 2.05) is 43.3 Å². The number of hydrogen-bond acceptors (Lipinski definition) is 3. The van der Waals surface area contributed by atoms with Gasteiger partial charge in [-0.2, -0.15) is 0 Å². The summed E-state index contributed by atoms with van der Waals surface area (Å²) in [5, 5.41) is 3.19. The van der Waals surface area contributed by atoms with E-state index in [-0.39, 0.29) is 5.02 Å². The van der Waals surface area contributed by atoms with E-state index < -0.39 is 5.82 Å². The SMILES string of the molecule is Cc1nc(Nc2ccc(F)c(Cl)c2)cc(-c2ccccc2)n1. The van der Waals surface area contributed by atoms with E-state index in [9.17, 15) is 4.39 Å². The lowest BCUT2D eigenvalue weighted by molar-refractivity contribution is 0.628. The van der Waals surface area contributed by atoms with Gasteiger partial charge in [0.1, 0.15) is 17.5 Å². The molecular weight excluding hydrogens is 301 g/mol. The normalized spacial score (nSPS) is 10.5. The Labute approximate surface area is 132 Å². The quantitative estimate of drug-likeness (QED) is 0.740. The molecule has 3 nitrogen and oxygen atoms in total. The molecule has 0 aliphatic carbocycles. The van der Waals surface area contributed by atoms with Crippen LogP contribution in [0.15, 0.2) is 54.6 Å². The van der Waals surface area contributed by atoms with Crippen LogP contribution in [-0.2, 0) is 0 Å². The number of aryl methyl sites for hydroxylation is 1. The molecule has 0 atom stereocenters. The summed E-state index contributed by atoms with van der Waals surface area (Å²) in [5.74, 6) is 0.835. The molecule has 5 heteroatoms. The van der Waals surface area contributed by atoms with Crippen LogP contribution in [-0.4, -0.2) is 9.97 Å². The van der Waals surface area contributed by atoms with Crippen molar-refractivity contribution in [2.45, 2.75) is 6.92 Å². The number of aromatic nitrogens is 2. The van der Waals surface area contributed by atoms with E-state index >= 15 is 0 Å². The minimum absolute atomic E-state index is 0.0686. The summed E-state index contributed by atoms with van der Waals surface area (Å²) in [7, 11) is 0. The van der Waals surface area contributed by atoms with Gasteiger partial charge in [-0.25, -0.2) is 14.4 Å². The van der Waals surface area contributed by atoms with Crippen molar-refractivity contribution >= 4 is 23.1 Å².